The maximum Gasteiger partial charge on any atom is 0.265 e. The van der Waals surface area contributed by atoms with E-state index in [9.17, 15) is 13.2 Å². The minimum absolute atomic E-state index is 0.0154. The van der Waals surface area contributed by atoms with Gasteiger partial charge in [0.2, 0.25) is 0 Å². The van der Waals surface area contributed by atoms with E-state index in [-0.39, 0.29) is 21.5 Å². The molecule has 0 unspecified atom stereocenters. The van der Waals surface area contributed by atoms with Gasteiger partial charge in [-0.2, -0.15) is 0 Å². The first-order chi connectivity index (χ1) is 15.5. The number of hydrogen-bond acceptors (Lipinski definition) is 4. The molecule has 0 spiro atoms. The number of aryl methyl sites for hydroxylation is 2. The van der Waals surface area contributed by atoms with E-state index in [2.05, 4.69) is 16.1 Å². The van der Waals surface area contributed by atoms with Crippen LogP contribution in [0.25, 0.3) is 0 Å². The van der Waals surface area contributed by atoms with E-state index in [1.54, 1.807) is 6.92 Å². The minimum Gasteiger partial charge on any atom is -0.481 e. The fourth-order valence-corrected chi connectivity index (χ4v) is 4.70. The fourth-order valence-electron chi connectivity index (χ4n) is 3.10. The zero-order valence-electron chi connectivity index (χ0n) is 18.6. The molecular weight excluding hydrogens is 483 g/mol. The first-order valence-corrected chi connectivity index (χ1v) is 12.3. The van der Waals surface area contributed by atoms with Crippen molar-refractivity contribution in [2.45, 2.75) is 38.7 Å². The summed E-state index contributed by atoms with van der Waals surface area (Å²) in [6.07, 6.45) is -0.748. The average Bonchev–Trinajstić information content (AvgIpc) is 2.74. The van der Waals surface area contributed by atoms with E-state index in [0.29, 0.717) is 16.5 Å². The summed E-state index contributed by atoms with van der Waals surface area (Å²) >= 11 is 11.9. The van der Waals surface area contributed by atoms with E-state index >= 15 is 0 Å². The highest BCUT2D eigenvalue weighted by molar-refractivity contribution is 7.92. The van der Waals surface area contributed by atoms with Crippen molar-refractivity contribution in [3.63, 3.8) is 0 Å². The summed E-state index contributed by atoms with van der Waals surface area (Å²) in [6.45, 7) is 7.56. The van der Waals surface area contributed by atoms with Gasteiger partial charge in [0.15, 0.2) is 6.10 Å². The lowest BCUT2D eigenvalue weighted by Crippen LogP contribution is -2.30. The average molecular weight is 507 g/mol. The van der Waals surface area contributed by atoms with Gasteiger partial charge >= 0.3 is 0 Å². The molecular formula is C24H24Cl2N2O4S. The Morgan fingerprint density at radius 1 is 0.970 bits per heavy atom. The first kappa shape index (κ1) is 24.9. The van der Waals surface area contributed by atoms with Gasteiger partial charge in [0.25, 0.3) is 15.9 Å². The van der Waals surface area contributed by atoms with Crippen LogP contribution in [0.5, 0.6) is 5.75 Å². The number of carbonyl (C=O) groups excluding carboxylic acids is 1. The molecule has 9 heteroatoms. The maximum absolute atomic E-state index is 12.7. The van der Waals surface area contributed by atoms with Crippen LogP contribution in [0, 0.1) is 20.8 Å². The van der Waals surface area contributed by atoms with E-state index in [4.69, 9.17) is 27.9 Å². The molecule has 0 aliphatic rings. The predicted octanol–water partition coefficient (Wildman–Crippen LogP) is 6.13. The monoisotopic (exact) mass is 506 g/mol. The molecule has 0 aliphatic heterocycles. The number of hydrogen-bond donors (Lipinski definition) is 2. The van der Waals surface area contributed by atoms with Crippen LogP contribution < -0.4 is 14.8 Å². The fraction of sp³-hybridized carbons (Fsp3) is 0.208. The number of benzene rings is 3. The third-order valence-electron chi connectivity index (χ3n) is 5.04. The van der Waals surface area contributed by atoms with Crippen LogP contribution in [-0.2, 0) is 14.8 Å². The highest BCUT2D eigenvalue weighted by Crippen LogP contribution is 2.28. The van der Waals surface area contributed by atoms with Gasteiger partial charge in [-0.1, -0.05) is 29.3 Å². The summed E-state index contributed by atoms with van der Waals surface area (Å²) in [5, 5.41) is 3.32. The van der Waals surface area contributed by atoms with Gasteiger partial charge < -0.3 is 10.1 Å². The molecule has 0 fully saturated rings. The van der Waals surface area contributed by atoms with Crippen molar-refractivity contribution in [1.82, 2.24) is 0 Å². The number of rotatable bonds is 7. The highest BCUT2D eigenvalue weighted by Gasteiger charge is 2.19. The van der Waals surface area contributed by atoms with Crippen molar-refractivity contribution < 1.29 is 17.9 Å². The number of amides is 1. The number of carbonyl (C=O) groups is 1. The van der Waals surface area contributed by atoms with Crippen LogP contribution in [0.2, 0.25) is 10.0 Å². The summed E-state index contributed by atoms with van der Waals surface area (Å²) < 4.78 is 33.6. The van der Waals surface area contributed by atoms with Crippen LogP contribution in [0.1, 0.15) is 23.6 Å². The molecule has 0 aliphatic carbocycles. The lowest BCUT2D eigenvalue weighted by Gasteiger charge is -2.18. The molecule has 2 N–H and O–H groups in total. The summed E-state index contributed by atoms with van der Waals surface area (Å²) in [7, 11) is -3.88. The Balaban J connectivity index is 1.68. The van der Waals surface area contributed by atoms with E-state index in [1.807, 2.05) is 26.8 Å². The molecule has 0 aromatic heterocycles. The Bertz CT molecular complexity index is 1290. The number of halogens is 2. The van der Waals surface area contributed by atoms with Gasteiger partial charge in [0.05, 0.1) is 15.6 Å². The molecule has 3 rings (SSSR count). The van der Waals surface area contributed by atoms with Gasteiger partial charge in [-0.15, -0.1) is 0 Å². The Morgan fingerprint density at radius 2 is 1.64 bits per heavy atom. The quantitative estimate of drug-likeness (QED) is 0.403. The maximum atomic E-state index is 12.7. The molecule has 1 atom stereocenters. The number of sulfonamides is 1. The third kappa shape index (κ3) is 6.19. The Labute approximate surface area is 203 Å². The molecule has 3 aromatic rings. The Kier molecular flexibility index (Phi) is 7.57. The molecule has 0 radical (unpaired) electrons. The largest absolute Gasteiger partial charge is 0.481 e. The second kappa shape index (κ2) is 10.0. The van der Waals surface area contributed by atoms with Crippen molar-refractivity contribution in [3.05, 3.63) is 81.3 Å². The van der Waals surface area contributed by atoms with Crippen LogP contribution in [0.4, 0.5) is 11.4 Å². The molecule has 174 valence electrons. The van der Waals surface area contributed by atoms with Crippen LogP contribution in [-0.4, -0.2) is 20.4 Å². The van der Waals surface area contributed by atoms with Gasteiger partial charge in [-0.05, 0) is 92.9 Å². The second-order valence-corrected chi connectivity index (χ2v) is 10.2. The normalized spacial score (nSPS) is 12.2. The second-order valence-electron chi connectivity index (χ2n) is 7.71. The van der Waals surface area contributed by atoms with E-state index in [1.165, 1.54) is 42.5 Å². The smallest absolute Gasteiger partial charge is 0.265 e. The first-order valence-electron chi connectivity index (χ1n) is 10.1. The Hall–Kier alpha value is -2.74. The lowest BCUT2D eigenvalue weighted by atomic mass is 10.1. The van der Waals surface area contributed by atoms with Crippen LogP contribution in [0.3, 0.4) is 0 Å². The summed E-state index contributed by atoms with van der Waals surface area (Å²) in [5.74, 6) is 0.304. The van der Waals surface area contributed by atoms with Crippen molar-refractivity contribution in [1.29, 1.82) is 0 Å². The summed E-state index contributed by atoms with van der Waals surface area (Å²) in [5.41, 5.74) is 3.76. The number of nitrogens with one attached hydrogen (secondary N) is 2. The van der Waals surface area contributed by atoms with Crippen molar-refractivity contribution >= 4 is 50.5 Å². The number of ether oxygens (including phenoxy) is 1. The molecule has 0 saturated heterocycles. The molecule has 0 saturated carbocycles. The zero-order valence-corrected chi connectivity index (χ0v) is 20.9. The predicted molar refractivity (Wildman–Crippen MR) is 133 cm³/mol. The summed E-state index contributed by atoms with van der Waals surface area (Å²) in [4.78, 5) is 12.6. The SMILES string of the molecule is Cc1cc(C)c(C)c(O[C@@H](C)C(=O)Nc2ccc(S(=O)(=O)Nc3ccc(Cl)cc3Cl)cc2)c1. The molecule has 33 heavy (non-hydrogen) atoms. The minimum atomic E-state index is -3.88. The molecule has 0 heterocycles. The third-order valence-corrected chi connectivity index (χ3v) is 6.97. The van der Waals surface area contributed by atoms with Crippen LogP contribution in [0.15, 0.2) is 59.5 Å². The zero-order chi connectivity index (χ0) is 24.3. The molecule has 1 amide bonds. The van der Waals surface area contributed by atoms with Gasteiger partial charge in [-0.25, -0.2) is 8.42 Å². The van der Waals surface area contributed by atoms with Crippen molar-refractivity contribution in [2.75, 3.05) is 10.0 Å². The molecule has 6 nitrogen and oxygen atoms in total. The van der Waals surface area contributed by atoms with Gasteiger partial charge in [0.1, 0.15) is 5.75 Å². The Morgan fingerprint density at radius 3 is 2.27 bits per heavy atom. The standard InChI is InChI=1S/C24H24Cl2N2O4S/c1-14-11-15(2)16(3)23(12-14)32-17(4)24(29)27-19-6-8-20(9-7-19)33(30,31)28-22-10-5-18(25)13-21(22)26/h5-13,17,28H,1-4H3,(H,27,29)/t17-/m0/s1. The van der Waals surface area contributed by atoms with Crippen LogP contribution >= 0.6 is 23.2 Å². The van der Waals surface area contributed by atoms with Gasteiger partial charge in [-0.3, -0.25) is 9.52 Å². The highest BCUT2D eigenvalue weighted by atomic mass is 35.5. The van der Waals surface area contributed by atoms with Gasteiger partial charge in [0, 0.05) is 10.7 Å². The number of anilines is 2. The van der Waals surface area contributed by atoms with Crippen molar-refractivity contribution in [2.24, 2.45) is 0 Å². The van der Waals surface area contributed by atoms with E-state index in [0.717, 1.165) is 16.7 Å². The molecule has 3 aromatic carbocycles. The van der Waals surface area contributed by atoms with E-state index < -0.39 is 16.1 Å². The summed E-state index contributed by atoms with van der Waals surface area (Å²) in [6, 6.07) is 14.2. The van der Waals surface area contributed by atoms with Crippen molar-refractivity contribution in [3.8, 4) is 5.75 Å². The molecule has 0 bridgehead atoms. The topological polar surface area (TPSA) is 84.5 Å². The lowest BCUT2D eigenvalue weighted by molar-refractivity contribution is -0.122.